The summed E-state index contributed by atoms with van der Waals surface area (Å²) in [5.41, 5.74) is 5.62. The van der Waals surface area contributed by atoms with E-state index >= 15 is 0 Å². The standard InChI is InChI=1S/C13H14N/c1-9-6-7-11-10-4-2-3-5-12(10)14-13(11)8-9/h2,6-8,14H,3-5H2,1H3. The molecule has 1 aromatic carbocycles. The van der Waals surface area contributed by atoms with E-state index < -0.39 is 0 Å². The summed E-state index contributed by atoms with van der Waals surface area (Å²) in [6.07, 6.45) is 5.93. The average molecular weight is 184 g/mol. The molecule has 2 aromatic rings. The third kappa shape index (κ3) is 1.08. The average Bonchev–Trinajstić information content (AvgIpc) is 2.54. The van der Waals surface area contributed by atoms with Gasteiger partial charge in [-0.15, -0.1) is 0 Å². The van der Waals surface area contributed by atoms with Crippen molar-refractivity contribution >= 4 is 10.9 Å². The number of H-pyrrole nitrogens is 1. The lowest BCUT2D eigenvalue weighted by atomic mass is 9.95. The largest absolute Gasteiger partial charge is 0.358 e. The fourth-order valence-electron chi connectivity index (χ4n) is 2.36. The summed E-state index contributed by atoms with van der Waals surface area (Å²) in [5, 5.41) is 1.42. The molecule has 0 spiro atoms. The maximum Gasteiger partial charge on any atom is 0.0461 e. The third-order valence-electron chi connectivity index (χ3n) is 3.10. The Hall–Kier alpha value is -1.24. The van der Waals surface area contributed by atoms with E-state index in [1.807, 2.05) is 0 Å². The molecule has 0 saturated carbocycles. The van der Waals surface area contributed by atoms with Crippen molar-refractivity contribution in [3.8, 4) is 0 Å². The molecule has 0 atom stereocenters. The highest BCUT2D eigenvalue weighted by Crippen LogP contribution is 2.28. The van der Waals surface area contributed by atoms with Gasteiger partial charge in [0.15, 0.2) is 0 Å². The zero-order valence-corrected chi connectivity index (χ0v) is 8.43. The summed E-state index contributed by atoms with van der Waals surface area (Å²) in [6.45, 7) is 2.14. The van der Waals surface area contributed by atoms with Crippen LogP contribution in [0.5, 0.6) is 0 Å². The van der Waals surface area contributed by atoms with Gasteiger partial charge in [0.2, 0.25) is 0 Å². The van der Waals surface area contributed by atoms with Crippen molar-refractivity contribution in [2.24, 2.45) is 0 Å². The molecule has 0 aliphatic heterocycles. The maximum atomic E-state index is 3.54. The molecule has 0 fully saturated rings. The van der Waals surface area contributed by atoms with Crippen LogP contribution in [0, 0.1) is 13.3 Å². The van der Waals surface area contributed by atoms with Gasteiger partial charge in [-0.2, -0.15) is 0 Å². The van der Waals surface area contributed by atoms with Gasteiger partial charge in [-0.25, -0.2) is 0 Å². The first-order chi connectivity index (χ1) is 6.84. The maximum absolute atomic E-state index is 3.54. The summed E-state index contributed by atoms with van der Waals surface area (Å²) in [5.74, 6) is 0. The summed E-state index contributed by atoms with van der Waals surface area (Å²) in [4.78, 5) is 3.54. The number of aromatic nitrogens is 1. The minimum absolute atomic E-state index is 1.14. The molecule has 0 amide bonds. The number of nitrogens with one attached hydrogen (secondary N) is 1. The Balaban J connectivity index is 2.31. The number of fused-ring (bicyclic) bond motifs is 3. The van der Waals surface area contributed by atoms with E-state index in [-0.39, 0.29) is 0 Å². The van der Waals surface area contributed by atoms with E-state index in [1.54, 1.807) is 0 Å². The fraction of sp³-hybridized carbons (Fsp3) is 0.308. The van der Waals surface area contributed by atoms with Crippen LogP contribution in [0.1, 0.15) is 23.2 Å². The minimum atomic E-state index is 1.14. The number of hydrogen-bond acceptors (Lipinski definition) is 0. The predicted octanol–water partition coefficient (Wildman–Crippen LogP) is 3.17. The smallest absolute Gasteiger partial charge is 0.0461 e. The fourth-order valence-corrected chi connectivity index (χ4v) is 2.36. The van der Waals surface area contributed by atoms with Gasteiger partial charge < -0.3 is 4.98 Å². The summed E-state index contributed by atoms with van der Waals surface area (Å²) in [6, 6.07) is 6.69. The van der Waals surface area contributed by atoms with Crippen LogP contribution in [0.15, 0.2) is 18.2 Å². The normalized spacial score (nSPS) is 15.8. The van der Waals surface area contributed by atoms with Gasteiger partial charge in [0.05, 0.1) is 0 Å². The van der Waals surface area contributed by atoms with E-state index in [1.165, 1.54) is 40.6 Å². The van der Waals surface area contributed by atoms with E-state index in [9.17, 15) is 0 Å². The van der Waals surface area contributed by atoms with Crippen molar-refractivity contribution < 1.29 is 0 Å². The summed E-state index contributed by atoms with van der Waals surface area (Å²) in [7, 11) is 0. The van der Waals surface area contributed by atoms with Crippen LogP contribution < -0.4 is 0 Å². The first kappa shape index (κ1) is 8.10. The van der Waals surface area contributed by atoms with Gasteiger partial charge in [0.25, 0.3) is 0 Å². The van der Waals surface area contributed by atoms with Crippen LogP contribution >= 0.6 is 0 Å². The Morgan fingerprint density at radius 2 is 2.21 bits per heavy atom. The zero-order valence-electron chi connectivity index (χ0n) is 8.43. The van der Waals surface area contributed by atoms with Crippen LogP contribution in [0.25, 0.3) is 10.9 Å². The quantitative estimate of drug-likeness (QED) is 0.647. The summed E-state index contributed by atoms with van der Waals surface area (Å²) < 4.78 is 0. The molecule has 1 aromatic heterocycles. The van der Waals surface area contributed by atoms with Gasteiger partial charge in [0.1, 0.15) is 0 Å². The monoisotopic (exact) mass is 184 g/mol. The van der Waals surface area contributed by atoms with E-state index in [4.69, 9.17) is 0 Å². The Kier molecular flexibility index (Phi) is 1.66. The molecule has 1 heteroatoms. The second kappa shape index (κ2) is 2.88. The topological polar surface area (TPSA) is 15.8 Å². The molecule has 1 radical (unpaired) electrons. The molecule has 1 nitrogen and oxygen atoms in total. The number of aromatic amines is 1. The molecule has 0 unspecified atom stereocenters. The molecule has 1 aliphatic carbocycles. The lowest BCUT2D eigenvalue weighted by Crippen LogP contribution is -2.00. The van der Waals surface area contributed by atoms with Crippen molar-refractivity contribution in [1.29, 1.82) is 0 Å². The molecule has 1 N–H and O–H groups in total. The van der Waals surface area contributed by atoms with Gasteiger partial charge in [-0.3, -0.25) is 0 Å². The van der Waals surface area contributed by atoms with E-state index in [0.717, 1.165) is 6.42 Å². The molecule has 0 bridgehead atoms. The van der Waals surface area contributed by atoms with Gasteiger partial charge in [-0.05, 0) is 49.8 Å². The molecule has 1 aliphatic rings. The molecule has 14 heavy (non-hydrogen) atoms. The predicted molar refractivity (Wildman–Crippen MR) is 59.4 cm³/mol. The highest BCUT2D eigenvalue weighted by Gasteiger charge is 2.14. The van der Waals surface area contributed by atoms with Gasteiger partial charge in [0, 0.05) is 16.6 Å². The highest BCUT2D eigenvalue weighted by molar-refractivity contribution is 5.85. The molecule has 0 saturated heterocycles. The Morgan fingerprint density at radius 1 is 1.29 bits per heavy atom. The summed E-state index contributed by atoms with van der Waals surface area (Å²) >= 11 is 0. The second-order valence-electron chi connectivity index (χ2n) is 4.16. The van der Waals surface area contributed by atoms with E-state index in [0.29, 0.717) is 0 Å². The van der Waals surface area contributed by atoms with Gasteiger partial charge >= 0.3 is 0 Å². The van der Waals surface area contributed by atoms with E-state index in [2.05, 4.69) is 36.5 Å². The Morgan fingerprint density at radius 3 is 3.14 bits per heavy atom. The molecule has 3 rings (SSSR count). The SMILES string of the molecule is Cc1ccc2c3c([nH]c2c1)CC[CH]C3. The molecular formula is C13H14N. The van der Waals surface area contributed by atoms with Crippen LogP contribution in [0.3, 0.4) is 0 Å². The second-order valence-corrected chi connectivity index (χ2v) is 4.16. The minimum Gasteiger partial charge on any atom is -0.358 e. The lowest BCUT2D eigenvalue weighted by Gasteiger charge is -2.09. The van der Waals surface area contributed by atoms with Crippen LogP contribution in [-0.4, -0.2) is 4.98 Å². The van der Waals surface area contributed by atoms with Gasteiger partial charge in [-0.1, -0.05) is 12.1 Å². The Bertz CT molecular complexity index is 479. The zero-order chi connectivity index (χ0) is 9.54. The number of rotatable bonds is 0. The van der Waals surface area contributed by atoms with Crippen LogP contribution in [0.2, 0.25) is 0 Å². The number of aryl methyl sites for hydroxylation is 2. The number of hydrogen-bond donors (Lipinski definition) is 1. The van der Waals surface area contributed by atoms with Crippen molar-refractivity contribution in [2.75, 3.05) is 0 Å². The lowest BCUT2D eigenvalue weighted by molar-refractivity contribution is 0.816. The van der Waals surface area contributed by atoms with Crippen molar-refractivity contribution in [3.05, 3.63) is 41.4 Å². The first-order valence-corrected chi connectivity index (χ1v) is 5.26. The van der Waals surface area contributed by atoms with Crippen molar-refractivity contribution in [2.45, 2.75) is 26.2 Å². The molecule has 71 valence electrons. The van der Waals surface area contributed by atoms with Crippen molar-refractivity contribution in [3.63, 3.8) is 0 Å². The molecular weight excluding hydrogens is 170 g/mol. The van der Waals surface area contributed by atoms with Crippen molar-refractivity contribution in [1.82, 2.24) is 4.98 Å². The highest BCUT2D eigenvalue weighted by atomic mass is 14.7. The third-order valence-corrected chi connectivity index (χ3v) is 3.10. The number of benzene rings is 1. The van der Waals surface area contributed by atoms with Crippen LogP contribution in [0.4, 0.5) is 0 Å². The first-order valence-electron chi connectivity index (χ1n) is 5.26. The molecule has 1 heterocycles. The Labute approximate surface area is 84.1 Å². The van der Waals surface area contributed by atoms with Crippen LogP contribution in [-0.2, 0) is 12.8 Å².